The van der Waals surface area contributed by atoms with E-state index in [1.54, 1.807) is 48.5 Å². The number of nitrogens with one attached hydrogen (secondary N) is 2. The molecule has 0 saturated carbocycles. The summed E-state index contributed by atoms with van der Waals surface area (Å²) in [5.41, 5.74) is 2.45. The molecule has 1 aromatic heterocycles. The van der Waals surface area contributed by atoms with Gasteiger partial charge in [-0.1, -0.05) is 12.1 Å². The van der Waals surface area contributed by atoms with Crippen LogP contribution in [0.3, 0.4) is 0 Å². The molecule has 0 fully saturated rings. The number of hydrogen-bond acceptors (Lipinski definition) is 6. The Morgan fingerprint density at radius 1 is 0.885 bits per heavy atom. The fourth-order valence-electron chi connectivity index (χ4n) is 2.18. The third kappa shape index (κ3) is 3.99. The van der Waals surface area contributed by atoms with Crippen LogP contribution in [0, 0.1) is 22.7 Å². The number of nitrogens with zero attached hydrogens (tertiary/aromatic N) is 4. The Morgan fingerprint density at radius 2 is 1.46 bits per heavy atom. The van der Waals surface area contributed by atoms with Crippen LogP contribution in [-0.2, 0) is 0 Å². The Bertz CT molecular complexity index is 1030. The monoisotopic (exact) mass is 340 g/mol. The van der Waals surface area contributed by atoms with E-state index in [9.17, 15) is 4.79 Å². The van der Waals surface area contributed by atoms with Gasteiger partial charge in [-0.05, 0) is 36.4 Å². The van der Waals surface area contributed by atoms with Crippen molar-refractivity contribution in [1.29, 1.82) is 10.5 Å². The minimum atomic E-state index is -0.377. The van der Waals surface area contributed by atoms with Gasteiger partial charge in [0, 0.05) is 23.8 Å². The van der Waals surface area contributed by atoms with E-state index in [1.807, 2.05) is 6.07 Å². The third-order valence-electron chi connectivity index (χ3n) is 3.41. The van der Waals surface area contributed by atoms with E-state index in [4.69, 9.17) is 10.5 Å². The van der Waals surface area contributed by atoms with Crippen molar-refractivity contribution >= 4 is 23.2 Å². The average molecular weight is 340 g/mol. The number of nitriles is 2. The first-order valence-corrected chi connectivity index (χ1v) is 7.59. The second kappa shape index (κ2) is 7.56. The molecule has 1 heterocycles. The minimum absolute atomic E-state index is 0.281. The summed E-state index contributed by atoms with van der Waals surface area (Å²) in [7, 11) is 0. The first kappa shape index (κ1) is 16.6. The first-order valence-electron chi connectivity index (χ1n) is 7.59. The Labute approximate surface area is 149 Å². The lowest BCUT2D eigenvalue weighted by Crippen LogP contribution is -2.13. The molecule has 0 bridgehead atoms. The predicted octanol–water partition coefficient (Wildman–Crippen LogP) is 3.22. The van der Waals surface area contributed by atoms with Crippen molar-refractivity contribution in [1.82, 2.24) is 9.97 Å². The molecule has 1 amide bonds. The van der Waals surface area contributed by atoms with Gasteiger partial charge >= 0.3 is 0 Å². The van der Waals surface area contributed by atoms with Gasteiger partial charge < -0.3 is 10.6 Å². The number of benzene rings is 2. The van der Waals surface area contributed by atoms with E-state index >= 15 is 0 Å². The first-order chi connectivity index (χ1) is 12.7. The van der Waals surface area contributed by atoms with E-state index in [1.165, 1.54) is 12.4 Å². The van der Waals surface area contributed by atoms with Crippen molar-refractivity contribution in [3.63, 3.8) is 0 Å². The molecule has 124 valence electrons. The third-order valence-corrected chi connectivity index (χ3v) is 3.41. The lowest BCUT2D eigenvalue weighted by molar-refractivity contribution is 0.102. The van der Waals surface area contributed by atoms with Gasteiger partial charge in [-0.25, -0.2) is 9.97 Å². The Balaban J connectivity index is 1.69. The van der Waals surface area contributed by atoms with Crippen molar-refractivity contribution in [2.45, 2.75) is 0 Å². The van der Waals surface area contributed by atoms with Gasteiger partial charge in [-0.2, -0.15) is 10.5 Å². The second-order valence-electron chi connectivity index (χ2n) is 5.26. The van der Waals surface area contributed by atoms with Crippen molar-refractivity contribution in [2.75, 3.05) is 10.6 Å². The number of hydrogen-bond donors (Lipinski definition) is 2. The second-order valence-corrected chi connectivity index (χ2v) is 5.26. The molecule has 3 rings (SSSR count). The molecule has 0 aliphatic heterocycles. The number of carbonyl (C=O) groups is 1. The summed E-state index contributed by atoms with van der Waals surface area (Å²) in [4.78, 5) is 20.5. The summed E-state index contributed by atoms with van der Waals surface area (Å²) in [6.07, 6.45) is 2.79. The number of carbonyl (C=O) groups excluding carboxylic acids is 1. The van der Waals surface area contributed by atoms with Gasteiger partial charge in [0.2, 0.25) is 5.95 Å². The van der Waals surface area contributed by atoms with Gasteiger partial charge in [0.05, 0.1) is 28.8 Å². The molecule has 2 aromatic carbocycles. The molecule has 0 spiro atoms. The van der Waals surface area contributed by atoms with E-state index in [0.29, 0.717) is 28.5 Å². The number of rotatable bonds is 4. The molecule has 7 nitrogen and oxygen atoms in total. The van der Waals surface area contributed by atoms with E-state index in [2.05, 4.69) is 26.7 Å². The van der Waals surface area contributed by atoms with Crippen LogP contribution in [0.4, 0.5) is 17.3 Å². The molecular formula is C19H12N6O. The van der Waals surface area contributed by atoms with Crippen molar-refractivity contribution in [2.24, 2.45) is 0 Å². The van der Waals surface area contributed by atoms with Crippen molar-refractivity contribution < 1.29 is 4.79 Å². The molecule has 0 unspecified atom stereocenters. The van der Waals surface area contributed by atoms with Crippen LogP contribution in [0.15, 0.2) is 60.9 Å². The lowest BCUT2D eigenvalue weighted by atomic mass is 10.2. The molecule has 0 aliphatic carbocycles. The van der Waals surface area contributed by atoms with Crippen LogP contribution in [0.1, 0.15) is 21.5 Å². The number of amides is 1. The highest BCUT2D eigenvalue weighted by atomic mass is 16.1. The zero-order chi connectivity index (χ0) is 18.4. The smallest absolute Gasteiger partial charge is 0.258 e. The molecule has 26 heavy (non-hydrogen) atoms. The highest BCUT2D eigenvalue weighted by Gasteiger charge is 2.08. The van der Waals surface area contributed by atoms with Crippen LogP contribution in [0.2, 0.25) is 0 Å². The average Bonchev–Trinajstić information content (AvgIpc) is 2.69. The highest BCUT2D eigenvalue weighted by molar-refractivity contribution is 6.04. The maximum Gasteiger partial charge on any atom is 0.258 e. The largest absolute Gasteiger partial charge is 0.324 e. The van der Waals surface area contributed by atoms with Crippen LogP contribution < -0.4 is 10.6 Å². The van der Waals surface area contributed by atoms with Gasteiger partial charge in [0.1, 0.15) is 0 Å². The minimum Gasteiger partial charge on any atom is -0.324 e. The number of aromatic nitrogens is 2. The standard InChI is InChI=1S/C19H12N6O/c20-9-13-3-1-5-16(7-13)24-18(26)15-11-22-19(23-12-15)25-17-6-2-4-14(8-17)10-21/h1-8,11-12H,(H,24,26)(H,22,23,25). The van der Waals surface area contributed by atoms with E-state index < -0.39 is 0 Å². The van der Waals surface area contributed by atoms with Gasteiger partial charge in [-0.15, -0.1) is 0 Å². The summed E-state index contributed by atoms with van der Waals surface area (Å²) in [6.45, 7) is 0. The van der Waals surface area contributed by atoms with Crippen molar-refractivity contribution in [3.8, 4) is 12.1 Å². The van der Waals surface area contributed by atoms with Gasteiger partial charge in [0.15, 0.2) is 0 Å². The molecule has 0 atom stereocenters. The maximum absolute atomic E-state index is 12.2. The summed E-state index contributed by atoms with van der Waals surface area (Å²) >= 11 is 0. The quantitative estimate of drug-likeness (QED) is 0.753. The Hall–Kier alpha value is -4.23. The van der Waals surface area contributed by atoms with E-state index in [0.717, 1.165) is 0 Å². The zero-order valence-electron chi connectivity index (χ0n) is 13.5. The van der Waals surface area contributed by atoms with Crippen LogP contribution in [0.25, 0.3) is 0 Å². The molecule has 2 N–H and O–H groups in total. The fourth-order valence-corrected chi connectivity index (χ4v) is 2.18. The molecular weight excluding hydrogens is 328 g/mol. The van der Waals surface area contributed by atoms with Crippen LogP contribution in [0.5, 0.6) is 0 Å². The SMILES string of the molecule is N#Cc1cccc(NC(=O)c2cnc(Nc3cccc(C#N)c3)nc2)c1. The van der Waals surface area contributed by atoms with Crippen LogP contribution >= 0.6 is 0 Å². The normalized spacial score (nSPS) is 9.62. The summed E-state index contributed by atoms with van der Waals surface area (Å²) < 4.78 is 0. The van der Waals surface area contributed by atoms with Crippen LogP contribution in [-0.4, -0.2) is 15.9 Å². The van der Waals surface area contributed by atoms with Crippen molar-refractivity contribution in [3.05, 3.63) is 77.6 Å². The van der Waals surface area contributed by atoms with E-state index in [-0.39, 0.29) is 11.5 Å². The fraction of sp³-hybridized carbons (Fsp3) is 0. The summed E-state index contributed by atoms with van der Waals surface area (Å²) in [5, 5.41) is 23.5. The molecule has 0 saturated heterocycles. The maximum atomic E-state index is 12.2. The zero-order valence-corrected chi connectivity index (χ0v) is 13.5. The Morgan fingerprint density at radius 3 is 2.08 bits per heavy atom. The highest BCUT2D eigenvalue weighted by Crippen LogP contribution is 2.15. The molecule has 0 radical (unpaired) electrons. The Kier molecular flexibility index (Phi) is 4.83. The topological polar surface area (TPSA) is 114 Å². The van der Waals surface area contributed by atoms with Gasteiger partial charge in [-0.3, -0.25) is 4.79 Å². The lowest BCUT2D eigenvalue weighted by Gasteiger charge is -2.07. The number of anilines is 3. The summed E-state index contributed by atoms with van der Waals surface area (Å²) in [6, 6.07) is 17.6. The predicted molar refractivity (Wildman–Crippen MR) is 95.6 cm³/mol. The molecule has 7 heteroatoms. The summed E-state index contributed by atoms with van der Waals surface area (Å²) in [5.74, 6) is -0.0683. The molecule has 3 aromatic rings. The van der Waals surface area contributed by atoms with Gasteiger partial charge in [0.25, 0.3) is 5.91 Å². The molecule has 0 aliphatic rings.